The van der Waals surface area contributed by atoms with Crippen LogP contribution < -0.4 is 31.1 Å². The lowest BCUT2D eigenvalue weighted by Gasteiger charge is -2.50. The first kappa shape index (κ1) is 23.5. The summed E-state index contributed by atoms with van der Waals surface area (Å²) in [6, 6.07) is 45.8. The second kappa shape index (κ2) is 8.15. The molecule has 1 fully saturated rings. The predicted octanol–water partition coefficient (Wildman–Crippen LogP) is 7.92. The molecule has 4 aliphatic heterocycles. The Morgan fingerprint density at radius 2 is 1.23 bits per heavy atom. The molecule has 4 heterocycles. The first-order chi connectivity index (χ1) is 21.8. The molecule has 6 aromatic carbocycles. The molecule has 0 aromatic heterocycles. The zero-order valence-corrected chi connectivity index (χ0v) is 24.5. The van der Waals surface area contributed by atoms with Gasteiger partial charge in [0.05, 0.1) is 11.4 Å². The average Bonchev–Trinajstić information content (AvgIpc) is 3.67. The molecule has 4 heteroatoms. The van der Waals surface area contributed by atoms with E-state index in [0.717, 1.165) is 19.3 Å². The average molecular weight is 564 g/mol. The molecule has 1 saturated carbocycles. The maximum atomic E-state index is 2.82. The minimum atomic E-state index is -0.0968. The molecule has 3 nitrogen and oxygen atoms in total. The molecule has 0 saturated heterocycles. The second-order valence-corrected chi connectivity index (χ2v) is 13.2. The normalized spacial score (nSPS) is 17.5. The van der Waals surface area contributed by atoms with Crippen molar-refractivity contribution in [3.63, 3.8) is 0 Å². The zero-order chi connectivity index (χ0) is 28.6. The molecule has 11 rings (SSSR count). The quantitative estimate of drug-likeness (QED) is 0.198. The van der Waals surface area contributed by atoms with E-state index in [2.05, 4.69) is 136 Å². The van der Waals surface area contributed by atoms with Gasteiger partial charge in [-0.2, -0.15) is 0 Å². The first-order valence-electron chi connectivity index (χ1n) is 16.2. The van der Waals surface area contributed by atoms with Gasteiger partial charge in [-0.1, -0.05) is 78.9 Å². The van der Waals surface area contributed by atoms with Crippen LogP contribution in [-0.4, -0.2) is 12.4 Å². The van der Waals surface area contributed by atoms with Crippen LogP contribution in [0.15, 0.2) is 121 Å². The summed E-state index contributed by atoms with van der Waals surface area (Å²) >= 11 is 0. The van der Waals surface area contributed by atoms with Crippen molar-refractivity contribution in [2.24, 2.45) is 0 Å². The van der Waals surface area contributed by atoms with Gasteiger partial charge in [0.25, 0.3) is 6.71 Å². The summed E-state index contributed by atoms with van der Waals surface area (Å²) in [5, 5.41) is 2.66. The molecular formula is C40H30BN3. The van der Waals surface area contributed by atoms with Crippen LogP contribution in [0.1, 0.15) is 36.8 Å². The summed E-state index contributed by atoms with van der Waals surface area (Å²) in [6.45, 7) is 0.222. The molecular weight excluding hydrogens is 533 g/mol. The van der Waals surface area contributed by atoms with E-state index in [9.17, 15) is 0 Å². The summed E-state index contributed by atoms with van der Waals surface area (Å²) in [4.78, 5) is 8.12. The van der Waals surface area contributed by atoms with E-state index in [0.29, 0.717) is 0 Å². The minimum absolute atomic E-state index is 0.0968. The number of anilines is 7. The maximum Gasteiger partial charge on any atom is 0.252 e. The molecule has 0 N–H and O–H groups in total. The lowest BCUT2D eigenvalue weighted by atomic mass is 9.30. The Kier molecular flexibility index (Phi) is 4.35. The van der Waals surface area contributed by atoms with Crippen LogP contribution in [0.2, 0.25) is 0 Å². The van der Waals surface area contributed by atoms with Gasteiger partial charge in [-0.05, 0) is 107 Å². The van der Waals surface area contributed by atoms with Crippen molar-refractivity contribution >= 4 is 73.7 Å². The van der Waals surface area contributed by atoms with Gasteiger partial charge in [-0.3, -0.25) is 0 Å². The van der Waals surface area contributed by atoms with Crippen molar-refractivity contribution in [1.82, 2.24) is 0 Å². The third-order valence-corrected chi connectivity index (χ3v) is 11.2. The van der Waals surface area contributed by atoms with Crippen LogP contribution in [0.25, 0.3) is 10.8 Å². The fourth-order valence-electron chi connectivity index (χ4n) is 9.69. The number of hydrogen-bond donors (Lipinski definition) is 0. The van der Waals surface area contributed by atoms with Gasteiger partial charge in [0.2, 0.25) is 0 Å². The summed E-state index contributed by atoms with van der Waals surface area (Å²) in [6.07, 6.45) is 5.80. The van der Waals surface area contributed by atoms with Crippen LogP contribution in [0, 0.1) is 0 Å². The molecule has 0 bridgehead atoms. The number of para-hydroxylation sites is 2. The fourth-order valence-corrected chi connectivity index (χ4v) is 9.69. The molecule has 208 valence electrons. The maximum absolute atomic E-state index is 2.82. The van der Waals surface area contributed by atoms with Gasteiger partial charge in [0, 0.05) is 33.8 Å². The Hall–Kier alpha value is -4.96. The van der Waals surface area contributed by atoms with Crippen LogP contribution in [0.5, 0.6) is 0 Å². The van der Waals surface area contributed by atoms with Gasteiger partial charge in [-0.15, -0.1) is 0 Å². The van der Waals surface area contributed by atoms with Crippen molar-refractivity contribution in [2.45, 2.75) is 37.8 Å². The number of fused-ring (bicyclic) bond motifs is 4. The van der Waals surface area contributed by atoms with Crippen molar-refractivity contribution < 1.29 is 0 Å². The molecule has 0 unspecified atom stereocenters. The molecule has 0 amide bonds. The van der Waals surface area contributed by atoms with Gasteiger partial charge in [0.1, 0.15) is 5.66 Å². The van der Waals surface area contributed by atoms with E-state index in [4.69, 9.17) is 0 Å². The highest BCUT2D eigenvalue weighted by molar-refractivity contribution is 7.01. The number of rotatable bonds is 2. The Morgan fingerprint density at radius 3 is 2.05 bits per heavy atom. The van der Waals surface area contributed by atoms with E-state index in [1.165, 1.54) is 85.5 Å². The Morgan fingerprint density at radius 1 is 0.523 bits per heavy atom. The monoisotopic (exact) mass is 563 g/mol. The molecule has 1 spiro atoms. The van der Waals surface area contributed by atoms with E-state index < -0.39 is 0 Å². The van der Waals surface area contributed by atoms with Gasteiger partial charge < -0.3 is 14.7 Å². The largest absolute Gasteiger partial charge is 0.316 e. The Bertz CT molecular complexity index is 2190. The molecule has 6 aromatic rings. The number of nitrogens with zero attached hydrogens (tertiary/aromatic N) is 3. The highest BCUT2D eigenvalue weighted by atomic mass is 15.5. The number of hydrogen-bond acceptors (Lipinski definition) is 3. The molecule has 0 atom stereocenters. The van der Waals surface area contributed by atoms with Crippen LogP contribution in [0.4, 0.5) is 39.8 Å². The molecule has 0 radical (unpaired) electrons. The van der Waals surface area contributed by atoms with Gasteiger partial charge in [-0.25, -0.2) is 0 Å². The van der Waals surface area contributed by atoms with Crippen LogP contribution >= 0.6 is 0 Å². The molecule has 5 aliphatic rings. The van der Waals surface area contributed by atoms with E-state index in [-0.39, 0.29) is 12.4 Å². The lowest BCUT2D eigenvalue weighted by molar-refractivity contribution is 0.458. The van der Waals surface area contributed by atoms with E-state index >= 15 is 0 Å². The Balaban J connectivity index is 1.30. The molecule has 44 heavy (non-hydrogen) atoms. The number of benzene rings is 6. The van der Waals surface area contributed by atoms with E-state index in [1.54, 1.807) is 5.46 Å². The minimum Gasteiger partial charge on any atom is -0.316 e. The summed E-state index contributed by atoms with van der Waals surface area (Å²) in [5.74, 6) is 0. The lowest BCUT2D eigenvalue weighted by Crippen LogP contribution is -2.66. The zero-order valence-electron chi connectivity index (χ0n) is 24.5. The first-order valence-corrected chi connectivity index (χ1v) is 16.2. The van der Waals surface area contributed by atoms with Gasteiger partial charge in [0.15, 0.2) is 0 Å². The van der Waals surface area contributed by atoms with Crippen molar-refractivity contribution in [1.29, 1.82) is 0 Å². The summed E-state index contributed by atoms with van der Waals surface area (Å²) < 4.78 is 0. The van der Waals surface area contributed by atoms with Crippen LogP contribution in [0.3, 0.4) is 0 Å². The second-order valence-electron chi connectivity index (χ2n) is 13.2. The topological polar surface area (TPSA) is 9.72 Å². The smallest absolute Gasteiger partial charge is 0.252 e. The van der Waals surface area contributed by atoms with Crippen molar-refractivity contribution in [3.8, 4) is 0 Å². The summed E-state index contributed by atoms with van der Waals surface area (Å²) in [7, 11) is 0. The highest BCUT2D eigenvalue weighted by Gasteiger charge is 2.58. The van der Waals surface area contributed by atoms with Crippen molar-refractivity contribution in [2.75, 3.05) is 14.7 Å². The SMILES string of the molecule is c1ccc(N2c3cccc4c3B3c5c(ccc6c5N4C4(CCCC4)N6c4ccccc4)Cc4cc5ccccc5c2c43)cc1. The van der Waals surface area contributed by atoms with Crippen molar-refractivity contribution in [3.05, 3.63) is 132 Å². The summed E-state index contributed by atoms with van der Waals surface area (Å²) in [5.41, 5.74) is 16.8. The molecule has 1 aliphatic carbocycles. The fraction of sp³-hybridized carbons (Fsp3) is 0.150. The predicted molar refractivity (Wildman–Crippen MR) is 184 cm³/mol. The van der Waals surface area contributed by atoms with Crippen LogP contribution in [-0.2, 0) is 6.42 Å². The van der Waals surface area contributed by atoms with Gasteiger partial charge >= 0.3 is 0 Å². The third-order valence-electron chi connectivity index (χ3n) is 11.2. The Labute approximate surface area is 258 Å². The highest BCUT2D eigenvalue weighted by Crippen LogP contribution is 2.60. The third kappa shape index (κ3) is 2.68. The van der Waals surface area contributed by atoms with E-state index in [1.807, 2.05) is 0 Å². The standard InChI is InChI=1S/C40H30BN3/c1-3-13-29(14-4-1)42-32-18-11-19-33-37(32)41-35-27(25-28-24-26-12-7-8-17-31(26)38(42)36(28)41)20-21-34-39(35)44(33)40(22-9-10-23-40)43(34)30-15-5-2-6-16-30/h1-8,11-21,24H,9-10,22-23,25H2.